The molecule has 0 aromatic heterocycles. The van der Waals surface area contributed by atoms with Crippen molar-refractivity contribution >= 4 is 5.91 Å². The van der Waals surface area contributed by atoms with Gasteiger partial charge in [0.1, 0.15) is 5.75 Å². The van der Waals surface area contributed by atoms with Crippen LogP contribution in [0.15, 0.2) is 79.9 Å². The monoisotopic (exact) mass is 335 g/mol. The lowest BCUT2D eigenvalue weighted by molar-refractivity contribution is 0.0940. The van der Waals surface area contributed by atoms with E-state index in [1.807, 2.05) is 42.5 Å². The second kappa shape index (κ2) is 8.88. The topological polar surface area (TPSA) is 38.3 Å². The summed E-state index contributed by atoms with van der Waals surface area (Å²) in [6.07, 6.45) is 5.28. The summed E-state index contributed by atoms with van der Waals surface area (Å²) >= 11 is 0. The third kappa shape index (κ3) is 4.38. The first kappa shape index (κ1) is 18.5. The van der Waals surface area contributed by atoms with Crippen LogP contribution < -0.4 is 10.1 Å². The van der Waals surface area contributed by atoms with Crippen LogP contribution in [0.2, 0.25) is 0 Å². The van der Waals surface area contributed by atoms with Crippen molar-refractivity contribution in [1.82, 2.24) is 5.32 Å². The van der Waals surface area contributed by atoms with Crippen LogP contribution in [0.25, 0.3) is 0 Å². The predicted octanol–water partition coefficient (Wildman–Crippen LogP) is 4.52. The van der Waals surface area contributed by atoms with Gasteiger partial charge in [0.15, 0.2) is 0 Å². The first-order chi connectivity index (χ1) is 12.2. The van der Waals surface area contributed by atoms with Crippen LogP contribution in [0.5, 0.6) is 5.75 Å². The van der Waals surface area contributed by atoms with Crippen molar-refractivity contribution in [1.29, 1.82) is 0 Å². The molecule has 0 atom stereocenters. The molecule has 0 saturated carbocycles. The molecule has 25 heavy (non-hydrogen) atoms. The number of nitrogens with one attached hydrogen (secondary N) is 1. The normalized spacial score (nSPS) is 10.8. The molecule has 0 aliphatic carbocycles. The predicted molar refractivity (Wildman–Crippen MR) is 103 cm³/mol. The lowest BCUT2D eigenvalue weighted by Crippen LogP contribution is -2.40. The maximum absolute atomic E-state index is 12.7. The Morgan fingerprint density at radius 1 is 1.04 bits per heavy atom. The van der Waals surface area contributed by atoms with Gasteiger partial charge in [-0.1, -0.05) is 54.6 Å². The van der Waals surface area contributed by atoms with Crippen LogP contribution in [-0.2, 0) is 5.41 Å². The van der Waals surface area contributed by atoms with Crippen molar-refractivity contribution in [2.75, 3.05) is 13.7 Å². The number of ether oxygens (including phenoxy) is 1. The smallest absolute Gasteiger partial charge is 0.255 e. The lowest BCUT2D eigenvalue weighted by Gasteiger charge is -2.33. The Kier molecular flexibility index (Phi) is 6.58. The quantitative estimate of drug-likeness (QED) is 0.685. The summed E-state index contributed by atoms with van der Waals surface area (Å²) in [5.41, 5.74) is 1.43. The van der Waals surface area contributed by atoms with Crippen LogP contribution in [0.4, 0.5) is 0 Å². The Labute approximate surface area is 150 Å². The molecule has 0 aliphatic rings. The van der Waals surface area contributed by atoms with Crippen LogP contribution in [0, 0.1) is 0 Å². The summed E-state index contributed by atoms with van der Waals surface area (Å²) in [6.45, 7) is 8.29. The fourth-order valence-corrected chi connectivity index (χ4v) is 3.09. The van der Waals surface area contributed by atoms with Gasteiger partial charge in [-0.05, 0) is 30.5 Å². The molecule has 130 valence electrons. The van der Waals surface area contributed by atoms with E-state index in [0.29, 0.717) is 17.9 Å². The number of hydrogen-bond donors (Lipinski definition) is 1. The average Bonchev–Trinajstić information content (AvgIpc) is 2.67. The van der Waals surface area contributed by atoms with Crippen molar-refractivity contribution in [3.63, 3.8) is 0 Å². The third-order valence-corrected chi connectivity index (χ3v) is 4.40. The summed E-state index contributed by atoms with van der Waals surface area (Å²) in [5, 5.41) is 3.07. The van der Waals surface area contributed by atoms with Gasteiger partial charge in [-0.3, -0.25) is 4.79 Å². The fraction of sp³-hybridized carbons (Fsp3) is 0.227. The SMILES string of the molecule is C=CCC(CC=C)(CNC(=O)c1ccccc1OC)c1ccccc1. The van der Waals surface area contributed by atoms with E-state index in [2.05, 4.69) is 30.6 Å². The molecule has 2 aromatic carbocycles. The van der Waals surface area contributed by atoms with E-state index in [-0.39, 0.29) is 11.3 Å². The van der Waals surface area contributed by atoms with Crippen molar-refractivity contribution in [3.8, 4) is 5.75 Å². The number of amides is 1. The second-order valence-corrected chi connectivity index (χ2v) is 6.01. The Morgan fingerprint density at radius 2 is 1.64 bits per heavy atom. The molecule has 2 aromatic rings. The molecule has 0 spiro atoms. The average molecular weight is 335 g/mol. The van der Waals surface area contributed by atoms with Gasteiger partial charge in [0, 0.05) is 12.0 Å². The molecule has 0 aliphatic heterocycles. The summed E-state index contributed by atoms with van der Waals surface area (Å²) < 4.78 is 5.28. The molecular formula is C22H25NO2. The van der Waals surface area contributed by atoms with Crippen molar-refractivity contribution in [2.45, 2.75) is 18.3 Å². The second-order valence-electron chi connectivity index (χ2n) is 6.01. The number of rotatable bonds is 9. The largest absolute Gasteiger partial charge is 0.496 e. The van der Waals surface area contributed by atoms with E-state index in [9.17, 15) is 4.79 Å². The molecule has 3 nitrogen and oxygen atoms in total. The number of para-hydroxylation sites is 1. The van der Waals surface area contributed by atoms with Gasteiger partial charge in [0.25, 0.3) is 5.91 Å². The summed E-state index contributed by atoms with van der Waals surface area (Å²) in [6, 6.07) is 17.4. The van der Waals surface area contributed by atoms with Gasteiger partial charge in [-0.15, -0.1) is 13.2 Å². The highest BCUT2D eigenvalue weighted by Gasteiger charge is 2.30. The molecule has 2 rings (SSSR count). The van der Waals surface area contributed by atoms with Crippen LogP contribution in [-0.4, -0.2) is 19.6 Å². The summed E-state index contributed by atoms with van der Waals surface area (Å²) in [7, 11) is 1.57. The first-order valence-electron chi connectivity index (χ1n) is 8.35. The first-order valence-corrected chi connectivity index (χ1v) is 8.35. The maximum Gasteiger partial charge on any atom is 0.255 e. The third-order valence-electron chi connectivity index (χ3n) is 4.40. The Bertz CT molecular complexity index is 712. The molecule has 0 saturated heterocycles. The zero-order valence-corrected chi connectivity index (χ0v) is 14.7. The molecule has 0 fully saturated rings. The fourth-order valence-electron chi connectivity index (χ4n) is 3.09. The molecule has 1 N–H and O–H groups in total. The highest BCUT2D eigenvalue weighted by molar-refractivity contribution is 5.96. The van der Waals surface area contributed by atoms with Gasteiger partial charge in [-0.2, -0.15) is 0 Å². The zero-order valence-electron chi connectivity index (χ0n) is 14.7. The summed E-state index contributed by atoms with van der Waals surface area (Å²) in [4.78, 5) is 12.7. The van der Waals surface area contributed by atoms with Crippen molar-refractivity contribution in [3.05, 3.63) is 91.0 Å². The Hall–Kier alpha value is -2.81. The molecule has 0 unspecified atom stereocenters. The zero-order chi connectivity index (χ0) is 18.1. The maximum atomic E-state index is 12.7. The summed E-state index contributed by atoms with van der Waals surface area (Å²) in [5.74, 6) is 0.420. The number of methoxy groups -OCH3 is 1. The van der Waals surface area contributed by atoms with Gasteiger partial charge in [0.05, 0.1) is 12.7 Å². The number of carbonyl (C=O) groups excluding carboxylic acids is 1. The van der Waals surface area contributed by atoms with Crippen LogP contribution in [0.1, 0.15) is 28.8 Å². The van der Waals surface area contributed by atoms with Crippen LogP contribution >= 0.6 is 0 Å². The highest BCUT2D eigenvalue weighted by atomic mass is 16.5. The van der Waals surface area contributed by atoms with E-state index < -0.39 is 0 Å². The number of allylic oxidation sites excluding steroid dienone is 2. The highest BCUT2D eigenvalue weighted by Crippen LogP contribution is 2.32. The molecule has 0 heterocycles. The van der Waals surface area contributed by atoms with E-state index in [4.69, 9.17) is 4.74 Å². The number of carbonyl (C=O) groups is 1. The standard InChI is InChI=1S/C22H25NO2/c1-4-15-22(16-5-2,18-11-7-6-8-12-18)17-23-21(24)19-13-9-10-14-20(19)25-3/h4-14H,1-2,15-17H2,3H3,(H,23,24). The lowest BCUT2D eigenvalue weighted by atomic mass is 9.74. The van der Waals surface area contributed by atoms with Crippen molar-refractivity contribution in [2.24, 2.45) is 0 Å². The molecule has 1 amide bonds. The van der Waals surface area contributed by atoms with Gasteiger partial charge in [0.2, 0.25) is 0 Å². The molecule has 3 heteroatoms. The van der Waals surface area contributed by atoms with E-state index in [1.54, 1.807) is 19.2 Å². The van der Waals surface area contributed by atoms with E-state index in [1.165, 1.54) is 0 Å². The molecule has 0 radical (unpaired) electrons. The van der Waals surface area contributed by atoms with E-state index >= 15 is 0 Å². The van der Waals surface area contributed by atoms with Gasteiger partial charge in [-0.25, -0.2) is 0 Å². The van der Waals surface area contributed by atoms with Crippen molar-refractivity contribution < 1.29 is 9.53 Å². The molecule has 0 bridgehead atoms. The molecular weight excluding hydrogens is 310 g/mol. The Balaban J connectivity index is 2.26. The minimum Gasteiger partial charge on any atom is -0.496 e. The van der Waals surface area contributed by atoms with Gasteiger partial charge >= 0.3 is 0 Å². The van der Waals surface area contributed by atoms with E-state index in [0.717, 1.165) is 18.4 Å². The minimum absolute atomic E-state index is 0.147. The Morgan fingerprint density at radius 3 is 2.24 bits per heavy atom. The minimum atomic E-state index is -0.261. The number of benzene rings is 2. The number of hydrogen-bond acceptors (Lipinski definition) is 2. The van der Waals surface area contributed by atoms with Crippen LogP contribution in [0.3, 0.4) is 0 Å². The van der Waals surface area contributed by atoms with Gasteiger partial charge < -0.3 is 10.1 Å².